The fourth-order valence-corrected chi connectivity index (χ4v) is 2.77. The van der Waals surface area contributed by atoms with Gasteiger partial charge in [-0.3, -0.25) is 9.69 Å². The second-order valence-electron chi connectivity index (χ2n) is 6.07. The number of carbonyl (C=O) groups is 2. The number of nitrogens with zero attached hydrogens (tertiary/aromatic N) is 2. The lowest BCUT2D eigenvalue weighted by Gasteiger charge is -2.23. The number of rotatable bonds is 5. The lowest BCUT2D eigenvalue weighted by atomic mass is 10.2. The molecule has 0 spiro atoms. The molecule has 132 valence electrons. The summed E-state index contributed by atoms with van der Waals surface area (Å²) in [6, 6.07) is 4.58. The first-order chi connectivity index (χ1) is 11.4. The van der Waals surface area contributed by atoms with E-state index in [9.17, 15) is 9.59 Å². The molecule has 1 saturated heterocycles. The molecule has 1 N–H and O–H groups in total. The molecule has 2 amide bonds. The molecule has 0 aromatic carbocycles. The monoisotopic (exact) mass is 399 g/mol. The molecule has 1 aliphatic heterocycles. The number of amides is 2. The zero-order chi connectivity index (χ0) is 17.7. The standard InChI is InChI=1S/C16H22BrN3O4/c1-10(2)9-24-16(22)20-8-11(23-3)7-12(20)15(21)19-14-6-4-5-13(17)18-14/h4-6,10-12H,7-9H2,1-3H3,(H,18,19,21). The number of likely N-dealkylation sites (tertiary alicyclic amines) is 1. The molecule has 0 bridgehead atoms. The van der Waals surface area contributed by atoms with Crippen molar-refractivity contribution in [1.82, 2.24) is 9.88 Å². The minimum atomic E-state index is -0.643. The van der Waals surface area contributed by atoms with E-state index >= 15 is 0 Å². The van der Waals surface area contributed by atoms with Gasteiger partial charge < -0.3 is 14.8 Å². The van der Waals surface area contributed by atoms with Gasteiger partial charge in [-0.15, -0.1) is 0 Å². The lowest BCUT2D eigenvalue weighted by Crippen LogP contribution is -2.43. The fraction of sp³-hybridized carbons (Fsp3) is 0.562. The number of methoxy groups -OCH3 is 1. The first-order valence-corrected chi connectivity index (χ1v) is 8.59. The van der Waals surface area contributed by atoms with Crippen LogP contribution in [-0.4, -0.2) is 54.3 Å². The molecule has 2 atom stereocenters. The number of aromatic nitrogens is 1. The predicted octanol–water partition coefficient (Wildman–Crippen LogP) is 2.66. The highest BCUT2D eigenvalue weighted by molar-refractivity contribution is 9.10. The fourth-order valence-electron chi connectivity index (χ4n) is 2.43. The Balaban J connectivity index is 2.06. The maximum Gasteiger partial charge on any atom is 0.410 e. The van der Waals surface area contributed by atoms with Crippen LogP contribution in [-0.2, 0) is 14.3 Å². The summed E-state index contributed by atoms with van der Waals surface area (Å²) in [5.74, 6) is 0.348. The van der Waals surface area contributed by atoms with Crippen molar-refractivity contribution in [2.24, 2.45) is 5.92 Å². The van der Waals surface area contributed by atoms with Crippen LogP contribution in [0.4, 0.5) is 10.6 Å². The van der Waals surface area contributed by atoms with E-state index in [1.54, 1.807) is 25.3 Å². The Morgan fingerprint density at radius 2 is 2.21 bits per heavy atom. The van der Waals surface area contributed by atoms with Crippen LogP contribution >= 0.6 is 15.9 Å². The Labute approximate surface area is 149 Å². The van der Waals surface area contributed by atoms with Crippen LogP contribution in [0, 0.1) is 5.92 Å². The normalized spacial score (nSPS) is 20.3. The molecular formula is C16H22BrN3O4. The van der Waals surface area contributed by atoms with E-state index in [-0.39, 0.29) is 17.9 Å². The number of nitrogens with one attached hydrogen (secondary N) is 1. The second-order valence-corrected chi connectivity index (χ2v) is 6.88. The van der Waals surface area contributed by atoms with Crippen LogP contribution < -0.4 is 5.32 Å². The van der Waals surface area contributed by atoms with Gasteiger partial charge in [0.05, 0.1) is 19.3 Å². The van der Waals surface area contributed by atoms with E-state index in [1.165, 1.54) is 4.90 Å². The van der Waals surface area contributed by atoms with Gasteiger partial charge >= 0.3 is 6.09 Å². The van der Waals surface area contributed by atoms with Gasteiger partial charge in [-0.1, -0.05) is 19.9 Å². The van der Waals surface area contributed by atoms with Crippen molar-refractivity contribution >= 4 is 33.7 Å². The third-order valence-electron chi connectivity index (χ3n) is 3.64. The smallest absolute Gasteiger partial charge is 0.410 e. The van der Waals surface area contributed by atoms with Gasteiger partial charge in [-0.25, -0.2) is 9.78 Å². The Hall–Kier alpha value is -1.67. The average Bonchev–Trinajstić information content (AvgIpc) is 2.97. The first kappa shape index (κ1) is 18.7. The number of hydrogen-bond donors (Lipinski definition) is 1. The van der Waals surface area contributed by atoms with Gasteiger partial charge in [0.15, 0.2) is 0 Å². The molecule has 1 aliphatic rings. The molecule has 1 fully saturated rings. The van der Waals surface area contributed by atoms with Crippen LogP contribution in [0.1, 0.15) is 20.3 Å². The Morgan fingerprint density at radius 3 is 2.83 bits per heavy atom. The van der Waals surface area contributed by atoms with E-state index in [2.05, 4.69) is 26.2 Å². The Morgan fingerprint density at radius 1 is 1.46 bits per heavy atom. The summed E-state index contributed by atoms with van der Waals surface area (Å²) in [7, 11) is 1.57. The summed E-state index contributed by atoms with van der Waals surface area (Å²) in [5.41, 5.74) is 0. The van der Waals surface area contributed by atoms with E-state index < -0.39 is 12.1 Å². The lowest BCUT2D eigenvalue weighted by molar-refractivity contribution is -0.120. The number of anilines is 1. The van der Waals surface area contributed by atoms with Gasteiger partial charge in [0.25, 0.3) is 0 Å². The maximum absolute atomic E-state index is 12.6. The highest BCUT2D eigenvalue weighted by atomic mass is 79.9. The quantitative estimate of drug-likeness (QED) is 0.769. The van der Waals surface area contributed by atoms with E-state index in [1.807, 2.05) is 13.8 Å². The average molecular weight is 400 g/mol. The van der Waals surface area contributed by atoms with Crippen LogP contribution in [0.3, 0.4) is 0 Å². The molecular weight excluding hydrogens is 378 g/mol. The number of ether oxygens (including phenoxy) is 2. The van der Waals surface area contributed by atoms with Crippen molar-refractivity contribution < 1.29 is 19.1 Å². The van der Waals surface area contributed by atoms with Crippen LogP contribution in [0.15, 0.2) is 22.8 Å². The molecule has 0 saturated carbocycles. The second kappa shape index (κ2) is 8.43. The van der Waals surface area contributed by atoms with Crippen molar-refractivity contribution in [2.75, 3.05) is 25.6 Å². The number of halogens is 1. The molecule has 8 heteroatoms. The van der Waals surface area contributed by atoms with Crippen LogP contribution in [0.2, 0.25) is 0 Å². The maximum atomic E-state index is 12.6. The van der Waals surface area contributed by atoms with Crippen molar-refractivity contribution in [2.45, 2.75) is 32.4 Å². The largest absolute Gasteiger partial charge is 0.449 e. The summed E-state index contributed by atoms with van der Waals surface area (Å²) < 4.78 is 11.2. The third-order valence-corrected chi connectivity index (χ3v) is 4.08. The molecule has 0 radical (unpaired) electrons. The highest BCUT2D eigenvalue weighted by Crippen LogP contribution is 2.23. The number of carbonyl (C=O) groups excluding carboxylic acids is 2. The van der Waals surface area contributed by atoms with Gasteiger partial charge in [0.2, 0.25) is 5.91 Å². The zero-order valence-electron chi connectivity index (χ0n) is 14.0. The van der Waals surface area contributed by atoms with Crippen molar-refractivity contribution in [3.05, 3.63) is 22.8 Å². The van der Waals surface area contributed by atoms with E-state index in [4.69, 9.17) is 9.47 Å². The summed E-state index contributed by atoms with van der Waals surface area (Å²) >= 11 is 3.26. The molecule has 2 heterocycles. The van der Waals surface area contributed by atoms with Crippen molar-refractivity contribution in [3.8, 4) is 0 Å². The summed E-state index contributed by atoms with van der Waals surface area (Å²) in [5, 5.41) is 2.73. The molecule has 7 nitrogen and oxygen atoms in total. The molecule has 0 aliphatic carbocycles. The predicted molar refractivity (Wildman–Crippen MR) is 92.7 cm³/mol. The number of hydrogen-bond acceptors (Lipinski definition) is 5. The molecule has 1 aromatic heterocycles. The highest BCUT2D eigenvalue weighted by Gasteiger charge is 2.40. The number of pyridine rings is 1. The minimum Gasteiger partial charge on any atom is -0.449 e. The molecule has 24 heavy (non-hydrogen) atoms. The van der Waals surface area contributed by atoms with E-state index in [0.29, 0.717) is 30.0 Å². The molecule has 2 rings (SSSR count). The van der Waals surface area contributed by atoms with E-state index in [0.717, 1.165) is 0 Å². The Kier molecular flexibility index (Phi) is 6.56. The summed E-state index contributed by atoms with van der Waals surface area (Å²) in [4.78, 5) is 30.4. The summed E-state index contributed by atoms with van der Waals surface area (Å²) in [6.45, 7) is 4.56. The molecule has 1 aromatic rings. The first-order valence-electron chi connectivity index (χ1n) is 7.80. The zero-order valence-corrected chi connectivity index (χ0v) is 15.6. The van der Waals surface area contributed by atoms with Crippen molar-refractivity contribution in [3.63, 3.8) is 0 Å². The van der Waals surface area contributed by atoms with Gasteiger partial charge in [-0.2, -0.15) is 0 Å². The minimum absolute atomic E-state index is 0.192. The van der Waals surface area contributed by atoms with Crippen LogP contribution in [0.25, 0.3) is 0 Å². The summed E-state index contributed by atoms with van der Waals surface area (Å²) in [6.07, 6.45) is -0.263. The Bertz CT molecular complexity index is 596. The van der Waals surface area contributed by atoms with Gasteiger partial charge in [0.1, 0.15) is 16.5 Å². The SMILES string of the molecule is COC1CC(C(=O)Nc2cccc(Br)n2)N(C(=O)OCC(C)C)C1. The molecule has 2 unspecified atom stereocenters. The van der Waals surface area contributed by atoms with Gasteiger partial charge in [0, 0.05) is 13.5 Å². The topological polar surface area (TPSA) is 80.8 Å². The van der Waals surface area contributed by atoms with Gasteiger partial charge in [-0.05, 0) is 34.0 Å². The van der Waals surface area contributed by atoms with Crippen molar-refractivity contribution in [1.29, 1.82) is 0 Å². The third kappa shape index (κ3) is 4.91. The van der Waals surface area contributed by atoms with Crippen LogP contribution in [0.5, 0.6) is 0 Å².